The van der Waals surface area contributed by atoms with Crippen molar-refractivity contribution in [2.45, 2.75) is 69.2 Å². The highest BCUT2D eigenvalue weighted by Gasteiger charge is 2.29. The van der Waals surface area contributed by atoms with E-state index in [1.807, 2.05) is 104 Å². The number of hydrogen-bond acceptors (Lipinski definition) is 4. The van der Waals surface area contributed by atoms with Crippen molar-refractivity contribution in [1.29, 1.82) is 0 Å². The van der Waals surface area contributed by atoms with E-state index in [1.54, 1.807) is 0 Å². The smallest absolute Gasteiger partial charge is 0.116 e. The average molecular weight is 587 g/mol. The van der Waals surface area contributed by atoms with Crippen LogP contribution in [0.4, 0.5) is 0 Å². The van der Waals surface area contributed by atoms with Crippen molar-refractivity contribution >= 4 is 0 Å². The Morgan fingerprint density at radius 2 is 0.386 bits per heavy atom. The summed E-state index contributed by atoms with van der Waals surface area (Å²) in [4.78, 5) is 0. The molecule has 5 aromatic rings. The fourth-order valence-corrected chi connectivity index (χ4v) is 7.59. The first kappa shape index (κ1) is 30.7. The van der Waals surface area contributed by atoms with E-state index in [0.717, 1.165) is 100 Å². The highest BCUT2D eigenvalue weighted by molar-refractivity contribution is 6.04. The van der Waals surface area contributed by atoms with Crippen LogP contribution in [-0.2, 0) is 0 Å². The van der Waals surface area contributed by atoms with Gasteiger partial charge in [-0.1, -0.05) is 0 Å². The predicted octanol–water partition coefficient (Wildman–Crippen LogP) is 10.3. The van der Waals surface area contributed by atoms with Crippen molar-refractivity contribution in [2.24, 2.45) is 0 Å². The van der Waals surface area contributed by atoms with Gasteiger partial charge in [0.2, 0.25) is 0 Å². The second-order valence-electron chi connectivity index (χ2n) is 12.6. The Morgan fingerprint density at radius 1 is 0.250 bits per heavy atom. The van der Waals surface area contributed by atoms with E-state index in [1.165, 1.54) is 0 Å². The monoisotopic (exact) mass is 586 g/mol. The van der Waals surface area contributed by atoms with Gasteiger partial charge in [0.1, 0.15) is 23.0 Å². The van der Waals surface area contributed by atoms with Crippen molar-refractivity contribution in [3.63, 3.8) is 0 Å². The Morgan fingerprint density at radius 3 is 0.523 bits per heavy atom. The van der Waals surface area contributed by atoms with Crippen LogP contribution in [0.2, 0.25) is 0 Å². The first-order chi connectivity index (χ1) is 20.6. The molecule has 0 bridgehead atoms. The highest BCUT2D eigenvalue weighted by Crippen LogP contribution is 2.53. The molecule has 0 amide bonds. The Hall–Kier alpha value is -4.70. The molecule has 5 aromatic carbocycles. The molecule has 0 saturated heterocycles. The fourth-order valence-electron chi connectivity index (χ4n) is 7.59. The van der Waals surface area contributed by atoms with Gasteiger partial charge in [-0.2, -0.15) is 0 Å². The van der Waals surface area contributed by atoms with Crippen molar-refractivity contribution < 1.29 is 20.4 Å². The van der Waals surface area contributed by atoms with Crippen LogP contribution >= 0.6 is 0 Å². The maximum absolute atomic E-state index is 10.5. The van der Waals surface area contributed by atoms with E-state index >= 15 is 0 Å². The summed E-state index contributed by atoms with van der Waals surface area (Å²) < 4.78 is 0. The third-order valence-corrected chi connectivity index (χ3v) is 9.07. The lowest BCUT2D eigenvalue weighted by Crippen LogP contribution is -2.07. The summed E-state index contributed by atoms with van der Waals surface area (Å²) in [5.74, 6) is 0.923. The quantitative estimate of drug-likeness (QED) is 0.169. The minimum Gasteiger partial charge on any atom is -0.508 e. The Labute approximate surface area is 260 Å². The van der Waals surface area contributed by atoms with Crippen LogP contribution in [-0.4, -0.2) is 20.4 Å². The van der Waals surface area contributed by atoms with Gasteiger partial charge in [-0.05, 0) is 218 Å². The van der Waals surface area contributed by atoms with E-state index < -0.39 is 0 Å². The van der Waals surface area contributed by atoms with Crippen LogP contribution < -0.4 is 0 Å². The molecular weight excluding hydrogens is 544 g/mol. The van der Waals surface area contributed by atoms with E-state index in [0.29, 0.717) is 0 Å². The lowest BCUT2D eigenvalue weighted by Gasteiger charge is -2.30. The number of phenolic OH excluding ortho intramolecular Hbond substituents is 4. The molecule has 0 saturated carbocycles. The third kappa shape index (κ3) is 4.98. The van der Waals surface area contributed by atoms with Gasteiger partial charge in [-0.25, -0.2) is 0 Å². The second kappa shape index (κ2) is 11.1. The number of benzene rings is 5. The minimum absolute atomic E-state index is 0.231. The number of aromatic hydroxyl groups is 4. The van der Waals surface area contributed by atoms with Crippen molar-refractivity contribution in [1.82, 2.24) is 0 Å². The summed E-state index contributed by atoms with van der Waals surface area (Å²) in [7, 11) is 0. The zero-order chi connectivity index (χ0) is 32.4. The summed E-state index contributed by atoms with van der Waals surface area (Å²) in [5.41, 5.74) is 18.5. The molecule has 44 heavy (non-hydrogen) atoms. The van der Waals surface area contributed by atoms with Crippen molar-refractivity contribution in [3.05, 3.63) is 104 Å². The van der Waals surface area contributed by atoms with Gasteiger partial charge in [0.15, 0.2) is 0 Å². The molecule has 0 unspecified atom stereocenters. The predicted molar refractivity (Wildman–Crippen MR) is 182 cm³/mol. The first-order valence-corrected chi connectivity index (χ1v) is 15.0. The molecule has 0 fully saturated rings. The minimum atomic E-state index is 0.231. The molecule has 0 heterocycles. The lowest BCUT2D eigenvalue weighted by molar-refractivity contribution is 0.474. The van der Waals surface area contributed by atoms with Crippen molar-refractivity contribution in [2.75, 3.05) is 0 Å². The average Bonchev–Trinajstić information content (AvgIpc) is 2.87. The molecule has 4 N–H and O–H groups in total. The van der Waals surface area contributed by atoms with Gasteiger partial charge < -0.3 is 20.4 Å². The van der Waals surface area contributed by atoms with E-state index in [4.69, 9.17) is 0 Å². The van der Waals surface area contributed by atoms with Gasteiger partial charge in [-0.3, -0.25) is 0 Å². The van der Waals surface area contributed by atoms with Crippen LogP contribution in [0.25, 0.3) is 44.5 Å². The van der Waals surface area contributed by atoms with Crippen LogP contribution in [0.5, 0.6) is 23.0 Å². The maximum Gasteiger partial charge on any atom is 0.116 e. The first-order valence-electron chi connectivity index (χ1n) is 15.0. The van der Waals surface area contributed by atoms with Gasteiger partial charge in [0, 0.05) is 0 Å². The van der Waals surface area contributed by atoms with Gasteiger partial charge in [0.25, 0.3) is 0 Å². The van der Waals surface area contributed by atoms with E-state index in [2.05, 4.69) is 13.8 Å². The number of aryl methyl sites for hydroxylation is 8. The molecule has 226 valence electrons. The normalized spacial score (nSPS) is 11.3. The standard InChI is InChI=1S/C40H42O4/c1-19-11-29(41)12-20(2)33(19)37-27(9)39(35-23(5)15-31(43)16-24(35)6)40(36-25(7)17-32(44)18-26(36)8)28(10)38(37)34-21(3)13-30(42)14-22(34)4/h11-18,41-44H,1-10H3. The van der Waals surface area contributed by atoms with E-state index in [-0.39, 0.29) is 23.0 Å². The molecule has 0 aliphatic carbocycles. The van der Waals surface area contributed by atoms with Crippen LogP contribution in [0.1, 0.15) is 55.6 Å². The molecule has 0 aliphatic heterocycles. The summed E-state index contributed by atoms with van der Waals surface area (Å²) in [5, 5.41) is 42.1. The zero-order valence-corrected chi connectivity index (χ0v) is 27.4. The van der Waals surface area contributed by atoms with Crippen molar-refractivity contribution in [3.8, 4) is 67.5 Å². The summed E-state index contributed by atoms with van der Waals surface area (Å²) in [6, 6.07) is 14.5. The van der Waals surface area contributed by atoms with Gasteiger partial charge >= 0.3 is 0 Å². The lowest BCUT2D eigenvalue weighted by atomic mass is 9.73. The fraction of sp³-hybridized carbons (Fsp3) is 0.250. The number of phenols is 4. The van der Waals surface area contributed by atoms with Gasteiger partial charge in [-0.15, -0.1) is 0 Å². The molecule has 4 nitrogen and oxygen atoms in total. The van der Waals surface area contributed by atoms with Crippen LogP contribution in [0.3, 0.4) is 0 Å². The Kier molecular flexibility index (Phi) is 7.75. The summed E-state index contributed by atoms with van der Waals surface area (Å²) >= 11 is 0. The van der Waals surface area contributed by atoms with Crippen LogP contribution in [0, 0.1) is 69.2 Å². The zero-order valence-electron chi connectivity index (χ0n) is 27.4. The highest BCUT2D eigenvalue weighted by atomic mass is 16.3. The maximum atomic E-state index is 10.5. The molecule has 0 radical (unpaired) electrons. The summed E-state index contributed by atoms with van der Waals surface area (Å²) in [6.45, 7) is 20.6. The van der Waals surface area contributed by atoms with Gasteiger partial charge in [0.05, 0.1) is 0 Å². The molecule has 0 spiro atoms. The topological polar surface area (TPSA) is 80.9 Å². The Balaban J connectivity index is 2.16. The Bertz CT molecular complexity index is 1620. The molecular formula is C40H42O4. The van der Waals surface area contributed by atoms with E-state index in [9.17, 15) is 20.4 Å². The molecule has 4 heteroatoms. The van der Waals surface area contributed by atoms with Crippen LogP contribution in [0.15, 0.2) is 48.5 Å². The second-order valence-corrected chi connectivity index (χ2v) is 12.6. The molecule has 0 aliphatic rings. The summed E-state index contributed by atoms with van der Waals surface area (Å²) in [6.07, 6.45) is 0. The number of hydrogen-bond donors (Lipinski definition) is 4. The third-order valence-electron chi connectivity index (χ3n) is 9.07. The number of rotatable bonds is 4. The largest absolute Gasteiger partial charge is 0.508 e. The molecule has 5 rings (SSSR count). The molecule has 0 aromatic heterocycles. The molecule has 0 atom stereocenters. The SMILES string of the molecule is Cc1cc(O)cc(C)c1-c1c(C)c(-c2c(C)cc(O)cc2C)c(-c2c(C)cc(O)cc2C)c(C)c1-c1c(C)cc(O)cc1C.